The molecule has 0 radical (unpaired) electrons. The largest absolute Gasteiger partial charge is 0.486 e. The maximum Gasteiger partial charge on any atom is 0.265 e. The maximum atomic E-state index is 12.9. The second-order valence-electron chi connectivity index (χ2n) is 6.06. The van der Waals surface area contributed by atoms with Crippen molar-refractivity contribution in [2.75, 3.05) is 18.5 Å². The van der Waals surface area contributed by atoms with Crippen molar-refractivity contribution in [2.45, 2.75) is 6.42 Å². The van der Waals surface area contributed by atoms with Gasteiger partial charge >= 0.3 is 0 Å². The van der Waals surface area contributed by atoms with Crippen LogP contribution in [0.15, 0.2) is 60.0 Å². The number of fused-ring (bicyclic) bond motifs is 1. The summed E-state index contributed by atoms with van der Waals surface area (Å²) in [7, 11) is 0. The Labute approximate surface area is 160 Å². The predicted octanol–water partition coefficient (Wildman–Crippen LogP) is 4.20. The summed E-state index contributed by atoms with van der Waals surface area (Å²) < 4.78 is 11.2. The number of ketones is 1. The molecule has 6 heteroatoms. The van der Waals surface area contributed by atoms with E-state index < -0.39 is 0 Å². The monoisotopic (exact) mass is 379 g/mol. The standard InChI is InChI=1S/C21H17NO4S/c23-17(11-14-5-2-1-3-6-14)15-12-18-19(26-9-8-25-18)13-16(15)22-21(24)20-7-4-10-27-20/h1-7,10,12-13H,8-9,11H2,(H,22,24). The molecular formula is C21H17NO4S. The van der Waals surface area contributed by atoms with Crippen LogP contribution in [0, 0.1) is 0 Å². The van der Waals surface area contributed by atoms with Crippen molar-refractivity contribution in [3.63, 3.8) is 0 Å². The van der Waals surface area contributed by atoms with Crippen LogP contribution in [0.4, 0.5) is 5.69 Å². The van der Waals surface area contributed by atoms with Crippen LogP contribution in [0.3, 0.4) is 0 Å². The number of Topliss-reactive ketones (excluding diaryl/α,β-unsaturated/α-hetero) is 1. The van der Waals surface area contributed by atoms with Gasteiger partial charge in [0.25, 0.3) is 5.91 Å². The fraction of sp³-hybridized carbons (Fsp3) is 0.143. The van der Waals surface area contributed by atoms with Gasteiger partial charge in [0, 0.05) is 18.1 Å². The molecule has 136 valence electrons. The fourth-order valence-electron chi connectivity index (χ4n) is 2.89. The zero-order chi connectivity index (χ0) is 18.6. The molecule has 2 aromatic carbocycles. The first kappa shape index (κ1) is 17.3. The van der Waals surface area contributed by atoms with Crippen LogP contribution in [-0.4, -0.2) is 24.9 Å². The molecule has 4 rings (SSSR count). The zero-order valence-corrected chi connectivity index (χ0v) is 15.3. The van der Waals surface area contributed by atoms with Gasteiger partial charge < -0.3 is 14.8 Å². The summed E-state index contributed by atoms with van der Waals surface area (Å²) in [5.41, 5.74) is 1.75. The first-order valence-electron chi connectivity index (χ1n) is 8.56. The molecule has 1 amide bonds. The Morgan fingerprint density at radius 2 is 1.70 bits per heavy atom. The third-order valence-electron chi connectivity index (χ3n) is 4.18. The summed E-state index contributed by atoms with van der Waals surface area (Å²) in [6.45, 7) is 0.864. The Morgan fingerprint density at radius 3 is 2.41 bits per heavy atom. The van der Waals surface area contributed by atoms with Gasteiger partial charge in [-0.1, -0.05) is 36.4 Å². The van der Waals surface area contributed by atoms with Crippen LogP contribution in [0.25, 0.3) is 0 Å². The lowest BCUT2D eigenvalue weighted by atomic mass is 10.0. The smallest absolute Gasteiger partial charge is 0.265 e. The van der Waals surface area contributed by atoms with Gasteiger partial charge in [0.15, 0.2) is 17.3 Å². The Hall–Kier alpha value is -3.12. The number of benzene rings is 2. The average molecular weight is 379 g/mol. The van der Waals surface area contributed by atoms with E-state index in [0.29, 0.717) is 40.8 Å². The molecule has 3 aromatic rings. The summed E-state index contributed by atoms with van der Waals surface area (Å²) >= 11 is 1.34. The van der Waals surface area contributed by atoms with Crippen molar-refractivity contribution in [2.24, 2.45) is 0 Å². The van der Waals surface area contributed by atoms with Gasteiger partial charge in [-0.15, -0.1) is 11.3 Å². The number of rotatable bonds is 5. The second-order valence-corrected chi connectivity index (χ2v) is 7.01. The van der Waals surface area contributed by atoms with Gasteiger partial charge in [-0.2, -0.15) is 0 Å². The molecule has 1 aromatic heterocycles. The summed E-state index contributed by atoms with van der Waals surface area (Å²) in [6, 6.07) is 16.4. The SMILES string of the molecule is O=C(Nc1cc2c(cc1C(=O)Cc1ccccc1)OCCO2)c1cccs1. The number of thiophene rings is 1. The van der Waals surface area contributed by atoms with Gasteiger partial charge in [0.2, 0.25) is 0 Å². The van der Waals surface area contributed by atoms with Crippen molar-refractivity contribution in [3.8, 4) is 11.5 Å². The number of amides is 1. The van der Waals surface area contributed by atoms with E-state index in [2.05, 4.69) is 5.32 Å². The molecule has 0 unspecified atom stereocenters. The number of carbonyl (C=O) groups is 2. The van der Waals surface area contributed by atoms with Gasteiger partial charge in [0.1, 0.15) is 13.2 Å². The highest BCUT2D eigenvalue weighted by Gasteiger charge is 2.21. The molecule has 0 bridgehead atoms. The van der Waals surface area contributed by atoms with Crippen molar-refractivity contribution >= 4 is 28.7 Å². The van der Waals surface area contributed by atoms with Crippen molar-refractivity contribution in [3.05, 3.63) is 76.0 Å². The molecule has 1 aliphatic rings. The molecular weight excluding hydrogens is 362 g/mol. The maximum absolute atomic E-state index is 12.9. The number of hydrogen-bond acceptors (Lipinski definition) is 5. The molecule has 27 heavy (non-hydrogen) atoms. The van der Waals surface area contributed by atoms with Crippen molar-refractivity contribution in [1.82, 2.24) is 0 Å². The quantitative estimate of drug-likeness (QED) is 0.675. The van der Waals surface area contributed by atoms with E-state index in [0.717, 1.165) is 5.56 Å². The topological polar surface area (TPSA) is 64.6 Å². The van der Waals surface area contributed by atoms with Gasteiger partial charge in [-0.3, -0.25) is 9.59 Å². The van der Waals surface area contributed by atoms with Crippen LogP contribution < -0.4 is 14.8 Å². The van der Waals surface area contributed by atoms with Crippen LogP contribution in [0.1, 0.15) is 25.6 Å². The Balaban J connectivity index is 1.67. The second kappa shape index (κ2) is 7.63. The molecule has 0 aliphatic carbocycles. The molecule has 0 atom stereocenters. The number of nitrogens with one attached hydrogen (secondary N) is 1. The molecule has 0 fully saturated rings. The zero-order valence-electron chi connectivity index (χ0n) is 14.4. The van der Waals surface area contributed by atoms with E-state index in [4.69, 9.17) is 9.47 Å². The van der Waals surface area contributed by atoms with Gasteiger partial charge in [-0.05, 0) is 23.1 Å². The minimum atomic E-state index is -0.254. The molecule has 0 saturated heterocycles. The first-order chi connectivity index (χ1) is 13.2. The third-order valence-corrected chi connectivity index (χ3v) is 5.05. The first-order valence-corrected chi connectivity index (χ1v) is 9.44. The van der Waals surface area contributed by atoms with Gasteiger partial charge in [-0.25, -0.2) is 0 Å². The average Bonchev–Trinajstić information content (AvgIpc) is 3.23. The highest BCUT2D eigenvalue weighted by atomic mass is 32.1. The number of ether oxygens (including phenoxy) is 2. The molecule has 5 nitrogen and oxygen atoms in total. The molecule has 0 spiro atoms. The van der Waals surface area contributed by atoms with E-state index in [-0.39, 0.29) is 18.1 Å². The summed E-state index contributed by atoms with van der Waals surface area (Å²) in [5.74, 6) is 0.695. The summed E-state index contributed by atoms with van der Waals surface area (Å²) in [6.07, 6.45) is 0.238. The Morgan fingerprint density at radius 1 is 0.963 bits per heavy atom. The van der Waals surface area contributed by atoms with Crippen LogP contribution in [-0.2, 0) is 6.42 Å². The van der Waals surface area contributed by atoms with Crippen LogP contribution in [0.5, 0.6) is 11.5 Å². The number of anilines is 1. The van der Waals surface area contributed by atoms with Crippen LogP contribution in [0.2, 0.25) is 0 Å². The summed E-state index contributed by atoms with van der Waals surface area (Å²) in [4.78, 5) is 26.0. The summed E-state index contributed by atoms with van der Waals surface area (Å²) in [5, 5.41) is 4.68. The van der Waals surface area contributed by atoms with E-state index in [1.165, 1.54) is 11.3 Å². The Kier molecular flexibility index (Phi) is 4.89. The molecule has 2 heterocycles. The molecule has 1 N–H and O–H groups in total. The molecule has 1 aliphatic heterocycles. The van der Waals surface area contributed by atoms with Crippen molar-refractivity contribution < 1.29 is 19.1 Å². The lowest BCUT2D eigenvalue weighted by molar-refractivity contribution is 0.0992. The highest BCUT2D eigenvalue weighted by Crippen LogP contribution is 2.36. The Bertz CT molecular complexity index is 967. The van der Waals surface area contributed by atoms with E-state index in [9.17, 15) is 9.59 Å². The normalized spacial score (nSPS) is 12.4. The lowest BCUT2D eigenvalue weighted by Crippen LogP contribution is -2.19. The molecule has 0 saturated carbocycles. The van der Waals surface area contributed by atoms with E-state index in [1.807, 2.05) is 41.8 Å². The lowest BCUT2D eigenvalue weighted by Gasteiger charge is -2.21. The predicted molar refractivity (Wildman–Crippen MR) is 104 cm³/mol. The van der Waals surface area contributed by atoms with E-state index in [1.54, 1.807) is 18.2 Å². The third kappa shape index (κ3) is 3.85. The van der Waals surface area contributed by atoms with Crippen LogP contribution >= 0.6 is 11.3 Å². The van der Waals surface area contributed by atoms with E-state index >= 15 is 0 Å². The highest BCUT2D eigenvalue weighted by molar-refractivity contribution is 7.12. The fourth-order valence-corrected chi connectivity index (χ4v) is 3.51. The number of carbonyl (C=O) groups excluding carboxylic acids is 2. The minimum Gasteiger partial charge on any atom is -0.486 e. The number of hydrogen-bond donors (Lipinski definition) is 1. The van der Waals surface area contributed by atoms with Gasteiger partial charge in [0.05, 0.1) is 10.6 Å². The minimum absolute atomic E-state index is 0.0975. The van der Waals surface area contributed by atoms with Crippen molar-refractivity contribution in [1.29, 1.82) is 0 Å².